The molecular formula is C36H30N2O5. The number of hydrogen-bond acceptors (Lipinski definition) is 6. The lowest BCUT2D eigenvalue weighted by Crippen LogP contribution is -2.51. The molecule has 214 valence electrons. The number of rotatable bonds is 6. The van der Waals surface area contributed by atoms with E-state index >= 15 is 0 Å². The van der Waals surface area contributed by atoms with Crippen LogP contribution in [0, 0.1) is 5.92 Å². The largest absolute Gasteiger partial charge is 0.497 e. The van der Waals surface area contributed by atoms with Gasteiger partial charge in [-0.15, -0.1) is 0 Å². The first kappa shape index (κ1) is 26.7. The van der Waals surface area contributed by atoms with Crippen LogP contribution in [0.4, 0.5) is 11.4 Å². The van der Waals surface area contributed by atoms with Crippen molar-refractivity contribution in [3.05, 3.63) is 125 Å². The minimum atomic E-state index is -1.37. The van der Waals surface area contributed by atoms with E-state index in [9.17, 15) is 14.4 Å². The third-order valence-corrected chi connectivity index (χ3v) is 9.18. The Kier molecular flexibility index (Phi) is 6.20. The fourth-order valence-corrected chi connectivity index (χ4v) is 7.25. The Balaban J connectivity index is 1.52. The Labute approximate surface area is 249 Å². The van der Waals surface area contributed by atoms with Crippen molar-refractivity contribution in [3.8, 4) is 11.5 Å². The minimum absolute atomic E-state index is 0.240. The molecule has 0 bridgehead atoms. The number of carbonyl (C=O) groups is 3. The molecule has 43 heavy (non-hydrogen) atoms. The molecule has 0 unspecified atom stereocenters. The van der Waals surface area contributed by atoms with Gasteiger partial charge < -0.3 is 19.7 Å². The lowest BCUT2D eigenvalue weighted by molar-refractivity contribution is -0.121. The maximum Gasteiger partial charge on any atom is 0.238 e. The van der Waals surface area contributed by atoms with E-state index in [-0.39, 0.29) is 17.5 Å². The van der Waals surface area contributed by atoms with Gasteiger partial charge >= 0.3 is 0 Å². The Hall–Kier alpha value is -5.17. The quantitative estimate of drug-likeness (QED) is 0.289. The van der Waals surface area contributed by atoms with Gasteiger partial charge in [0.25, 0.3) is 0 Å². The van der Waals surface area contributed by atoms with E-state index in [4.69, 9.17) is 9.47 Å². The number of anilines is 2. The molecule has 4 aromatic rings. The number of hydrogen-bond donors (Lipinski definition) is 1. The molecule has 1 spiro atoms. The Bertz CT molecular complexity index is 1810. The number of nitrogens with zero attached hydrogens (tertiary/aromatic N) is 1. The van der Waals surface area contributed by atoms with Crippen molar-refractivity contribution in [2.75, 3.05) is 24.4 Å². The molecule has 3 aliphatic heterocycles. The van der Waals surface area contributed by atoms with Crippen LogP contribution in [-0.2, 0) is 10.2 Å². The number of ketones is 2. The Morgan fingerprint density at radius 3 is 2.00 bits per heavy atom. The number of carbonyl (C=O) groups excluding carboxylic acids is 3. The molecule has 1 N–H and O–H groups in total. The topological polar surface area (TPSA) is 84.9 Å². The fourth-order valence-electron chi connectivity index (χ4n) is 7.25. The maximum atomic E-state index is 14.9. The van der Waals surface area contributed by atoms with E-state index < -0.39 is 23.4 Å². The summed E-state index contributed by atoms with van der Waals surface area (Å²) in [4.78, 5) is 46.2. The third kappa shape index (κ3) is 3.77. The summed E-state index contributed by atoms with van der Waals surface area (Å²) in [6.07, 6.45) is 2.06. The van der Waals surface area contributed by atoms with Gasteiger partial charge in [-0.2, -0.15) is 0 Å². The summed E-state index contributed by atoms with van der Waals surface area (Å²) < 4.78 is 10.7. The van der Waals surface area contributed by atoms with Crippen LogP contribution in [0.15, 0.2) is 103 Å². The third-order valence-electron chi connectivity index (χ3n) is 9.18. The maximum absolute atomic E-state index is 14.9. The summed E-state index contributed by atoms with van der Waals surface area (Å²) in [6.45, 7) is 2.02. The number of benzene rings is 4. The zero-order chi connectivity index (χ0) is 29.9. The highest BCUT2D eigenvalue weighted by Gasteiger charge is 2.70. The predicted molar refractivity (Wildman–Crippen MR) is 165 cm³/mol. The molecule has 4 aromatic carbocycles. The van der Waals surface area contributed by atoms with Crippen molar-refractivity contribution < 1.29 is 23.9 Å². The minimum Gasteiger partial charge on any atom is -0.497 e. The second-order valence-electron chi connectivity index (χ2n) is 11.2. The first-order valence-corrected chi connectivity index (χ1v) is 14.2. The van der Waals surface area contributed by atoms with Crippen molar-refractivity contribution in [2.45, 2.75) is 24.4 Å². The van der Waals surface area contributed by atoms with Crippen molar-refractivity contribution in [2.24, 2.45) is 5.92 Å². The number of para-hydroxylation sites is 2. The molecule has 4 atom stereocenters. The van der Waals surface area contributed by atoms with E-state index in [0.29, 0.717) is 28.3 Å². The predicted octanol–water partition coefficient (Wildman–Crippen LogP) is 5.95. The lowest BCUT2D eigenvalue weighted by atomic mass is 9.64. The molecule has 1 amide bonds. The highest BCUT2D eigenvalue weighted by Crippen LogP contribution is 2.58. The zero-order valence-electron chi connectivity index (χ0n) is 24.0. The van der Waals surface area contributed by atoms with Crippen molar-refractivity contribution in [1.82, 2.24) is 0 Å². The molecule has 3 heterocycles. The summed E-state index contributed by atoms with van der Waals surface area (Å²) in [5.41, 5.74) is 3.62. The first-order valence-electron chi connectivity index (χ1n) is 14.2. The standard InChI is InChI=1S/C36H30N2O5/c1-21-20-30-36(27-9-5-6-10-28(27)37-35(36)41)31(33(39)22-12-16-24(42-2)17-13-22)32(38(30)29-11-7-4-8-26(21)29)34(40)23-14-18-25(43-3)19-15-23/h4-20,30-32H,1-3H3,(H,37,41)/t30-,31-,32+,36+/m1/s1. The van der Waals surface area contributed by atoms with E-state index in [1.54, 1.807) is 62.8 Å². The molecule has 3 aliphatic rings. The highest BCUT2D eigenvalue weighted by molar-refractivity contribution is 6.18. The fraction of sp³-hybridized carbons (Fsp3) is 0.194. The molecule has 0 saturated carbocycles. The second kappa shape index (κ2) is 9.98. The SMILES string of the molecule is COc1ccc(C(=O)[C@@H]2[C@H](C(=O)c3ccc(OC)cc3)[C@@]3(C(=O)Nc4ccccc43)[C@H]3C=C(C)c4ccccc4N23)cc1. The molecular weight excluding hydrogens is 540 g/mol. The highest BCUT2D eigenvalue weighted by atomic mass is 16.5. The van der Waals surface area contributed by atoms with Crippen LogP contribution in [0.5, 0.6) is 11.5 Å². The number of fused-ring (bicyclic) bond motifs is 6. The molecule has 0 aliphatic carbocycles. The van der Waals surface area contributed by atoms with E-state index in [1.165, 1.54) is 0 Å². The van der Waals surface area contributed by atoms with Gasteiger partial charge in [0, 0.05) is 28.1 Å². The number of nitrogens with one attached hydrogen (secondary N) is 1. The summed E-state index contributed by atoms with van der Waals surface area (Å²) in [5, 5.41) is 3.08. The van der Waals surface area contributed by atoms with Gasteiger partial charge in [-0.05, 0) is 78.7 Å². The smallest absolute Gasteiger partial charge is 0.238 e. The van der Waals surface area contributed by atoms with Gasteiger partial charge in [0.05, 0.1) is 26.2 Å². The number of ether oxygens (including phenoxy) is 2. The van der Waals surface area contributed by atoms with E-state index in [1.807, 2.05) is 60.4 Å². The average Bonchev–Trinajstić information content (AvgIpc) is 3.52. The molecule has 1 saturated heterocycles. The van der Waals surface area contributed by atoms with Gasteiger partial charge in [0.15, 0.2) is 11.6 Å². The molecule has 7 nitrogen and oxygen atoms in total. The summed E-state index contributed by atoms with van der Waals surface area (Å²) in [6, 6.07) is 27.6. The summed E-state index contributed by atoms with van der Waals surface area (Å²) in [7, 11) is 3.14. The van der Waals surface area contributed by atoms with Crippen molar-refractivity contribution in [3.63, 3.8) is 0 Å². The second-order valence-corrected chi connectivity index (χ2v) is 11.2. The summed E-state index contributed by atoms with van der Waals surface area (Å²) in [5.74, 6) is -0.620. The molecule has 0 radical (unpaired) electrons. The summed E-state index contributed by atoms with van der Waals surface area (Å²) >= 11 is 0. The molecule has 1 fully saturated rings. The molecule has 7 heteroatoms. The number of amides is 1. The van der Waals surface area contributed by atoms with Gasteiger partial charge in [-0.3, -0.25) is 14.4 Å². The van der Waals surface area contributed by atoms with Crippen molar-refractivity contribution in [1.29, 1.82) is 0 Å². The number of allylic oxidation sites excluding steroid dienone is 1. The van der Waals surface area contributed by atoms with Crippen LogP contribution in [0.25, 0.3) is 5.57 Å². The van der Waals surface area contributed by atoms with E-state index in [2.05, 4.69) is 11.4 Å². The van der Waals surface area contributed by atoms with Gasteiger partial charge in [-0.25, -0.2) is 0 Å². The van der Waals surface area contributed by atoms with E-state index in [0.717, 1.165) is 22.4 Å². The van der Waals surface area contributed by atoms with Gasteiger partial charge in [0.2, 0.25) is 5.91 Å². The first-order chi connectivity index (χ1) is 20.9. The van der Waals surface area contributed by atoms with Crippen LogP contribution in [0.3, 0.4) is 0 Å². The van der Waals surface area contributed by atoms with Crippen LogP contribution in [-0.4, -0.2) is 43.8 Å². The zero-order valence-corrected chi connectivity index (χ0v) is 24.0. The Morgan fingerprint density at radius 2 is 1.35 bits per heavy atom. The normalized spacial score (nSPS) is 23.1. The van der Waals surface area contributed by atoms with Crippen LogP contribution in [0.2, 0.25) is 0 Å². The van der Waals surface area contributed by atoms with Crippen molar-refractivity contribution >= 4 is 34.4 Å². The Morgan fingerprint density at radius 1 is 0.767 bits per heavy atom. The lowest BCUT2D eigenvalue weighted by Gasteiger charge is -2.39. The molecule has 7 rings (SSSR count). The number of methoxy groups -OCH3 is 2. The van der Waals surface area contributed by atoms with Gasteiger partial charge in [-0.1, -0.05) is 42.5 Å². The van der Waals surface area contributed by atoms with Crippen LogP contribution in [0.1, 0.15) is 38.8 Å². The number of Topliss-reactive ketones (excluding diaryl/α,β-unsaturated/α-hetero) is 2. The molecule has 0 aromatic heterocycles. The monoisotopic (exact) mass is 570 g/mol. The van der Waals surface area contributed by atoms with Crippen LogP contribution >= 0.6 is 0 Å². The van der Waals surface area contributed by atoms with Gasteiger partial charge in [0.1, 0.15) is 23.0 Å². The van der Waals surface area contributed by atoms with Crippen LogP contribution < -0.4 is 19.7 Å². The average molecular weight is 571 g/mol.